The van der Waals surface area contributed by atoms with Gasteiger partial charge in [0.15, 0.2) is 0 Å². The molecule has 9 heteroatoms. The van der Waals surface area contributed by atoms with Crippen LogP contribution >= 0.6 is 0 Å². The van der Waals surface area contributed by atoms with Gasteiger partial charge in [-0.3, -0.25) is 14.6 Å². The van der Waals surface area contributed by atoms with Crippen molar-refractivity contribution in [1.29, 1.82) is 0 Å². The predicted octanol–water partition coefficient (Wildman–Crippen LogP) is 1.01. The minimum atomic E-state index is -3.33. The van der Waals surface area contributed by atoms with Crippen molar-refractivity contribution in [3.63, 3.8) is 0 Å². The zero-order valence-electron chi connectivity index (χ0n) is 14.9. The highest BCUT2D eigenvalue weighted by Crippen LogP contribution is 2.24. The highest BCUT2D eigenvalue weighted by molar-refractivity contribution is 6.58. The summed E-state index contributed by atoms with van der Waals surface area (Å²) < 4.78 is 26.2. The molecule has 0 heterocycles. The van der Waals surface area contributed by atoms with E-state index in [9.17, 15) is 9.59 Å². The van der Waals surface area contributed by atoms with E-state index in [1.807, 2.05) is 6.92 Å². The monoisotopic (exact) mass is 351 g/mol. The number of carbonyl (C=O) groups excluding carboxylic acids is 2. The molecule has 0 aromatic rings. The highest BCUT2D eigenvalue weighted by Gasteiger charge is 2.53. The zero-order valence-corrected chi connectivity index (χ0v) is 15.9. The molecule has 23 heavy (non-hydrogen) atoms. The molecule has 0 amide bonds. The average Bonchev–Trinajstić information content (AvgIpc) is 2.53. The summed E-state index contributed by atoms with van der Waals surface area (Å²) in [4.78, 5) is 27.6. The first-order chi connectivity index (χ1) is 10.9. The summed E-state index contributed by atoms with van der Waals surface area (Å²) in [6, 6.07) is 0. The van der Waals surface area contributed by atoms with E-state index >= 15 is 0 Å². The van der Waals surface area contributed by atoms with E-state index in [-0.39, 0.29) is 19.6 Å². The van der Waals surface area contributed by atoms with Crippen LogP contribution in [0, 0.1) is 0 Å². The van der Waals surface area contributed by atoms with Crippen LogP contribution in [0.1, 0.15) is 40.0 Å². The summed E-state index contributed by atoms with van der Waals surface area (Å²) in [5.41, 5.74) is -1.33. The fourth-order valence-electron chi connectivity index (χ4n) is 2.27. The molecule has 0 saturated carbocycles. The third-order valence-electron chi connectivity index (χ3n) is 3.29. The van der Waals surface area contributed by atoms with Gasteiger partial charge in [-0.05, 0) is 20.3 Å². The van der Waals surface area contributed by atoms with Gasteiger partial charge in [0.1, 0.15) is 5.54 Å². The summed E-state index contributed by atoms with van der Waals surface area (Å²) in [7, 11) is 0.915. The Morgan fingerprint density at radius 3 is 1.87 bits per heavy atom. The second-order valence-electron chi connectivity index (χ2n) is 4.83. The molecule has 0 bridgehead atoms. The third kappa shape index (κ3) is 6.19. The molecule has 0 aromatic heterocycles. The van der Waals surface area contributed by atoms with Gasteiger partial charge in [-0.1, -0.05) is 13.3 Å². The number of hydrogen-bond donors (Lipinski definition) is 1. The number of hydrogen-bond acceptors (Lipinski definition) is 8. The van der Waals surface area contributed by atoms with Gasteiger partial charge in [0, 0.05) is 21.3 Å². The van der Waals surface area contributed by atoms with Crippen molar-refractivity contribution in [1.82, 2.24) is 4.98 Å². The Morgan fingerprint density at radius 1 is 0.957 bits per heavy atom. The van der Waals surface area contributed by atoms with E-state index in [2.05, 4.69) is 4.98 Å². The summed E-state index contributed by atoms with van der Waals surface area (Å²) in [6.45, 7) is 5.72. The van der Waals surface area contributed by atoms with Crippen LogP contribution in [0.2, 0.25) is 0 Å². The van der Waals surface area contributed by atoms with Crippen LogP contribution in [-0.2, 0) is 32.3 Å². The Kier molecular flexibility index (Phi) is 10.2. The SMILES string of the molecule is CCCC(CC(=O)OCC)(N[Si](OC)(OC)OC)C(=O)OCC. The van der Waals surface area contributed by atoms with Crippen LogP contribution in [0.4, 0.5) is 0 Å². The van der Waals surface area contributed by atoms with Gasteiger partial charge in [0.2, 0.25) is 0 Å². The molecular weight excluding hydrogens is 322 g/mol. The molecule has 1 atom stereocenters. The predicted molar refractivity (Wildman–Crippen MR) is 85.4 cm³/mol. The Bertz CT molecular complexity index is 368. The molecule has 0 aliphatic heterocycles. The van der Waals surface area contributed by atoms with Crippen molar-refractivity contribution in [2.45, 2.75) is 45.6 Å². The van der Waals surface area contributed by atoms with Crippen molar-refractivity contribution < 1.29 is 32.3 Å². The Balaban J connectivity index is 5.69. The first kappa shape index (κ1) is 22.0. The van der Waals surface area contributed by atoms with E-state index in [1.54, 1.807) is 13.8 Å². The maximum absolute atomic E-state index is 12.6. The normalized spacial score (nSPS) is 14.2. The lowest BCUT2D eigenvalue weighted by molar-refractivity contribution is -0.158. The topological polar surface area (TPSA) is 92.3 Å². The summed E-state index contributed by atoms with van der Waals surface area (Å²) >= 11 is 0. The summed E-state index contributed by atoms with van der Waals surface area (Å²) in [5.74, 6) is -1.06. The van der Waals surface area contributed by atoms with Crippen molar-refractivity contribution in [3.8, 4) is 0 Å². The Hall–Kier alpha value is -1.00. The van der Waals surface area contributed by atoms with Gasteiger partial charge in [0.05, 0.1) is 19.6 Å². The molecule has 0 radical (unpaired) electrons. The van der Waals surface area contributed by atoms with E-state index < -0.39 is 26.4 Å². The minimum absolute atomic E-state index is 0.191. The second-order valence-corrected chi connectivity index (χ2v) is 7.42. The minimum Gasteiger partial charge on any atom is -0.466 e. The average molecular weight is 351 g/mol. The van der Waals surface area contributed by atoms with Gasteiger partial charge >= 0.3 is 20.9 Å². The van der Waals surface area contributed by atoms with E-state index in [4.69, 9.17) is 22.8 Å². The molecule has 8 nitrogen and oxygen atoms in total. The van der Waals surface area contributed by atoms with Crippen LogP contribution in [0.25, 0.3) is 0 Å². The second kappa shape index (κ2) is 10.7. The van der Waals surface area contributed by atoms with E-state index in [1.165, 1.54) is 21.3 Å². The van der Waals surface area contributed by atoms with Crippen LogP contribution < -0.4 is 4.98 Å². The number of ether oxygens (including phenoxy) is 2. The van der Waals surface area contributed by atoms with Crippen LogP contribution in [0.5, 0.6) is 0 Å². The molecule has 0 spiro atoms. The lowest BCUT2D eigenvalue weighted by Crippen LogP contribution is -2.69. The summed E-state index contributed by atoms with van der Waals surface area (Å²) in [5, 5.41) is 0. The standard InChI is InChI=1S/C14H29NO7Si/c1-7-10-14(13(17)22-9-3,11-12(16)21-8-2)15-23(18-4,19-5)20-6/h15H,7-11H2,1-6H3. The fraction of sp³-hybridized carbons (Fsp3) is 0.857. The Labute approximate surface area is 139 Å². The maximum Gasteiger partial charge on any atom is 0.596 e. The first-order valence-electron chi connectivity index (χ1n) is 7.66. The lowest BCUT2D eigenvalue weighted by Gasteiger charge is -2.37. The van der Waals surface area contributed by atoms with Gasteiger partial charge in [-0.15, -0.1) is 0 Å². The van der Waals surface area contributed by atoms with E-state index in [0.29, 0.717) is 12.8 Å². The number of esters is 2. The molecule has 1 N–H and O–H groups in total. The summed E-state index contributed by atoms with van der Waals surface area (Å²) in [6.07, 6.45) is 0.778. The smallest absolute Gasteiger partial charge is 0.466 e. The number of rotatable bonds is 12. The van der Waals surface area contributed by atoms with Gasteiger partial charge in [0.25, 0.3) is 0 Å². The molecule has 1 unspecified atom stereocenters. The van der Waals surface area contributed by atoms with Crippen molar-refractivity contribution in [2.75, 3.05) is 34.5 Å². The van der Waals surface area contributed by atoms with Crippen LogP contribution in [0.3, 0.4) is 0 Å². The lowest BCUT2D eigenvalue weighted by atomic mass is 9.91. The molecule has 0 aromatic carbocycles. The largest absolute Gasteiger partial charge is 0.596 e. The molecular formula is C14H29NO7Si. The first-order valence-corrected chi connectivity index (χ1v) is 9.39. The molecule has 136 valence electrons. The molecule has 0 aliphatic carbocycles. The van der Waals surface area contributed by atoms with Crippen LogP contribution in [-0.4, -0.2) is 61.0 Å². The molecule has 0 rings (SSSR count). The van der Waals surface area contributed by atoms with Crippen molar-refractivity contribution in [3.05, 3.63) is 0 Å². The van der Waals surface area contributed by atoms with Gasteiger partial charge < -0.3 is 22.8 Å². The molecule has 0 saturated heterocycles. The maximum atomic E-state index is 12.6. The van der Waals surface area contributed by atoms with Crippen molar-refractivity contribution in [2.24, 2.45) is 0 Å². The molecule has 0 fully saturated rings. The third-order valence-corrected chi connectivity index (χ3v) is 5.69. The number of carbonyl (C=O) groups is 2. The van der Waals surface area contributed by atoms with Crippen molar-refractivity contribution >= 4 is 20.9 Å². The quantitative estimate of drug-likeness (QED) is 0.411. The number of nitrogens with one attached hydrogen (secondary N) is 1. The van der Waals surface area contributed by atoms with Gasteiger partial charge in [-0.2, -0.15) is 0 Å². The highest BCUT2D eigenvalue weighted by atomic mass is 28.4. The van der Waals surface area contributed by atoms with Crippen LogP contribution in [0.15, 0.2) is 0 Å². The zero-order chi connectivity index (χ0) is 17.9. The fourth-order valence-corrected chi connectivity index (χ4v) is 3.98. The van der Waals surface area contributed by atoms with E-state index in [0.717, 1.165) is 0 Å². The molecule has 0 aliphatic rings. The Morgan fingerprint density at radius 2 is 1.48 bits per heavy atom. The van der Waals surface area contributed by atoms with Gasteiger partial charge in [-0.25, -0.2) is 0 Å².